The highest BCUT2D eigenvalue weighted by Gasteiger charge is 2.48. The Labute approximate surface area is 93.2 Å². The Morgan fingerprint density at radius 3 is 2.75 bits per heavy atom. The summed E-state index contributed by atoms with van der Waals surface area (Å²) >= 11 is 0. The van der Waals surface area contributed by atoms with Gasteiger partial charge in [0.25, 0.3) is 0 Å². The van der Waals surface area contributed by atoms with Gasteiger partial charge in [-0.05, 0) is 6.42 Å². The first-order chi connectivity index (χ1) is 7.52. The molecule has 0 amide bonds. The molecule has 3 nitrogen and oxygen atoms in total. The first-order valence-corrected chi connectivity index (χ1v) is 5.73. The predicted molar refractivity (Wildman–Crippen MR) is 54.5 cm³/mol. The Bertz CT molecular complexity index is 357. The standard InChI is InChI=1S/C11H16F2N2O/c1-3-4-7(2)10-14-9(15-16-10)8-5-11(12,13)6-8/h7-8H,3-6H2,1-2H3. The summed E-state index contributed by atoms with van der Waals surface area (Å²) in [6, 6.07) is 0. The molecular weight excluding hydrogens is 214 g/mol. The van der Waals surface area contributed by atoms with E-state index in [0.717, 1.165) is 12.8 Å². The van der Waals surface area contributed by atoms with Crippen LogP contribution in [0.15, 0.2) is 4.52 Å². The van der Waals surface area contributed by atoms with Gasteiger partial charge in [-0.15, -0.1) is 0 Å². The zero-order chi connectivity index (χ0) is 11.8. The largest absolute Gasteiger partial charge is 0.339 e. The van der Waals surface area contributed by atoms with Gasteiger partial charge in [-0.1, -0.05) is 25.4 Å². The van der Waals surface area contributed by atoms with Gasteiger partial charge in [0.1, 0.15) is 0 Å². The molecule has 1 aromatic heterocycles. The third-order valence-corrected chi connectivity index (χ3v) is 3.06. The lowest BCUT2D eigenvalue weighted by molar-refractivity contribution is -0.0888. The van der Waals surface area contributed by atoms with E-state index < -0.39 is 5.92 Å². The number of aromatic nitrogens is 2. The Morgan fingerprint density at radius 1 is 1.50 bits per heavy atom. The van der Waals surface area contributed by atoms with Crippen molar-refractivity contribution in [2.45, 2.75) is 57.3 Å². The number of alkyl halides is 2. The van der Waals surface area contributed by atoms with Crippen molar-refractivity contribution in [2.24, 2.45) is 0 Å². The highest BCUT2D eigenvalue weighted by molar-refractivity contribution is 5.06. The SMILES string of the molecule is CCCC(C)c1nc(C2CC(F)(F)C2)no1. The van der Waals surface area contributed by atoms with Gasteiger partial charge < -0.3 is 4.52 Å². The van der Waals surface area contributed by atoms with Gasteiger partial charge in [0.2, 0.25) is 11.8 Å². The number of hydrogen-bond acceptors (Lipinski definition) is 3. The molecule has 1 atom stereocenters. The van der Waals surface area contributed by atoms with Crippen LogP contribution in [0.1, 0.15) is 63.1 Å². The van der Waals surface area contributed by atoms with E-state index in [-0.39, 0.29) is 24.7 Å². The zero-order valence-electron chi connectivity index (χ0n) is 9.54. The molecule has 1 aromatic rings. The van der Waals surface area contributed by atoms with Crippen LogP contribution < -0.4 is 0 Å². The van der Waals surface area contributed by atoms with Gasteiger partial charge >= 0.3 is 0 Å². The lowest BCUT2D eigenvalue weighted by Crippen LogP contribution is -2.34. The molecule has 90 valence electrons. The Morgan fingerprint density at radius 2 is 2.19 bits per heavy atom. The van der Waals surface area contributed by atoms with Gasteiger partial charge in [-0.2, -0.15) is 4.98 Å². The summed E-state index contributed by atoms with van der Waals surface area (Å²) in [5.74, 6) is -1.51. The second-order valence-corrected chi connectivity index (χ2v) is 4.64. The van der Waals surface area contributed by atoms with E-state index >= 15 is 0 Å². The van der Waals surface area contributed by atoms with Gasteiger partial charge in [0, 0.05) is 24.7 Å². The van der Waals surface area contributed by atoms with Crippen LogP contribution in [0.5, 0.6) is 0 Å². The summed E-state index contributed by atoms with van der Waals surface area (Å²) in [5.41, 5.74) is 0. The van der Waals surface area contributed by atoms with Crippen molar-refractivity contribution in [1.82, 2.24) is 10.1 Å². The molecule has 0 bridgehead atoms. The molecule has 1 saturated carbocycles. The number of hydrogen-bond donors (Lipinski definition) is 0. The van der Waals surface area contributed by atoms with Gasteiger partial charge in [-0.25, -0.2) is 8.78 Å². The number of nitrogens with zero attached hydrogens (tertiary/aromatic N) is 2. The normalized spacial score (nSPS) is 21.8. The lowest BCUT2D eigenvalue weighted by Gasteiger charge is -2.32. The predicted octanol–water partition coefficient (Wildman–Crippen LogP) is 3.49. The average molecular weight is 230 g/mol. The van der Waals surface area contributed by atoms with Gasteiger partial charge in [-0.3, -0.25) is 0 Å². The van der Waals surface area contributed by atoms with E-state index in [1.165, 1.54) is 0 Å². The zero-order valence-corrected chi connectivity index (χ0v) is 9.54. The number of halogens is 2. The van der Waals surface area contributed by atoms with Crippen molar-refractivity contribution in [3.8, 4) is 0 Å². The van der Waals surface area contributed by atoms with E-state index in [0.29, 0.717) is 11.7 Å². The average Bonchev–Trinajstić information content (AvgIpc) is 2.62. The third-order valence-electron chi connectivity index (χ3n) is 3.06. The molecule has 1 heterocycles. The minimum atomic E-state index is -2.53. The quantitative estimate of drug-likeness (QED) is 0.794. The van der Waals surface area contributed by atoms with Crippen LogP contribution in [0.2, 0.25) is 0 Å². The van der Waals surface area contributed by atoms with Gasteiger partial charge in [0.15, 0.2) is 5.82 Å². The Balaban J connectivity index is 1.98. The van der Waals surface area contributed by atoms with E-state index in [9.17, 15) is 8.78 Å². The van der Waals surface area contributed by atoms with Crippen LogP contribution in [0, 0.1) is 0 Å². The highest BCUT2D eigenvalue weighted by Crippen LogP contribution is 2.47. The van der Waals surface area contributed by atoms with Crippen LogP contribution in [0.3, 0.4) is 0 Å². The second-order valence-electron chi connectivity index (χ2n) is 4.64. The fourth-order valence-corrected chi connectivity index (χ4v) is 2.01. The maximum absolute atomic E-state index is 12.7. The molecule has 1 fully saturated rings. The van der Waals surface area contributed by atoms with E-state index in [1.807, 2.05) is 6.92 Å². The monoisotopic (exact) mass is 230 g/mol. The Hall–Kier alpha value is -1.00. The van der Waals surface area contributed by atoms with Crippen molar-refractivity contribution >= 4 is 0 Å². The first kappa shape index (κ1) is 11.5. The molecule has 0 N–H and O–H groups in total. The van der Waals surface area contributed by atoms with Crippen molar-refractivity contribution in [1.29, 1.82) is 0 Å². The fourth-order valence-electron chi connectivity index (χ4n) is 2.01. The number of rotatable bonds is 4. The summed E-state index contributed by atoms with van der Waals surface area (Å²) < 4.78 is 30.4. The third kappa shape index (κ3) is 2.23. The summed E-state index contributed by atoms with van der Waals surface area (Å²) in [4.78, 5) is 4.21. The molecular formula is C11H16F2N2O. The molecule has 5 heteroatoms. The highest BCUT2D eigenvalue weighted by atomic mass is 19.3. The maximum atomic E-state index is 12.7. The van der Waals surface area contributed by atoms with Crippen LogP contribution in [-0.4, -0.2) is 16.1 Å². The van der Waals surface area contributed by atoms with Gasteiger partial charge in [0.05, 0.1) is 0 Å². The van der Waals surface area contributed by atoms with Crippen LogP contribution in [-0.2, 0) is 0 Å². The molecule has 0 aliphatic heterocycles. The molecule has 1 unspecified atom stereocenters. The summed E-state index contributed by atoms with van der Waals surface area (Å²) in [5, 5.41) is 3.79. The Kier molecular flexibility index (Phi) is 2.95. The van der Waals surface area contributed by atoms with Crippen molar-refractivity contribution in [3.63, 3.8) is 0 Å². The molecule has 0 radical (unpaired) electrons. The molecule has 0 spiro atoms. The summed E-state index contributed by atoms with van der Waals surface area (Å²) in [7, 11) is 0. The summed E-state index contributed by atoms with van der Waals surface area (Å²) in [6.45, 7) is 4.09. The van der Waals surface area contributed by atoms with E-state index in [1.54, 1.807) is 0 Å². The molecule has 0 saturated heterocycles. The minimum Gasteiger partial charge on any atom is -0.339 e. The molecule has 2 rings (SSSR count). The smallest absolute Gasteiger partial charge is 0.249 e. The molecule has 1 aliphatic carbocycles. The van der Waals surface area contributed by atoms with E-state index in [4.69, 9.17) is 4.52 Å². The van der Waals surface area contributed by atoms with Crippen LogP contribution in [0.4, 0.5) is 8.78 Å². The molecule has 0 aromatic carbocycles. The second kappa shape index (κ2) is 4.11. The topological polar surface area (TPSA) is 38.9 Å². The van der Waals surface area contributed by atoms with Crippen molar-refractivity contribution in [3.05, 3.63) is 11.7 Å². The fraction of sp³-hybridized carbons (Fsp3) is 0.818. The van der Waals surface area contributed by atoms with Crippen molar-refractivity contribution < 1.29 is 13.3 Å². The van der Waals surface area contributed by atoms with Crippen LogP contribution in [0.25, 0.3) is 0 Å². The lowest BCUT2D eigenvalue weighted by atomic mass is 9.81. The minimum absolute atomic E-state index is 0.145. The van der Waals surface area contributed by atoms with Crippen molar-refractivity contribution in [2.75, 3.05) is 0 Å². The molecule has 16 heavy (non-hydrogen) atoms. The van der Waals surface area contributed by atoms with Crippen LogP contribution >= 0.6 is 0 Å². The molecule has 1 aliphatic rings. The first-order valence-electron chi connectivity index (χ1n) is 5.73. The maximum Gasteiger partial charge on any atom is 0.249 e. The van der Waals surface area contributed by atoms with E-state index in [2.05, 4.69) is 17.1 Å². The summed E-state index contributed by atoms with van der Waals surface area (Å²) in [6.07, 6.45) is 1.73.